The predicted octanol–water partition coefficient (Wildman–Crippen LogP) is 5.50. The quantitative estimate of drug-likeness (QED) is 0.637. The van der Waals surface area contributed by atoms with E-state index in [0.29, 0.717) is 0 Å². The molecule has 0 aliphatic carbocycles. The average Bonchev–Trinajstić information content (AvgIpc) is 2.44. The molecule has 4 heteroatoms. The van der Waals surface area contributed by atoms with Crippen LogP contribution >= 0.6 is 31.9 Å². The summed E-state index contributed by atoms with van der Waals surface area (Å²) >= 11 is 7.08. The number of aromatic nitrogens is 1. The Labute approximate surface area is 128 Å². The highest BCUT2D eigenvalue weighted by Gasteiger charge is 2.06. The summed E-state index contributed by atoms with van der Waals surface area (Å²) in [6.45, 7) is 0. The molecule has 0 aliphatic rings. The zero-order valence-electron chi connectivity index (χ0n) is 9.90. The van der Waals surface area contributed by atoms with E-state index in [0.717, 1.165) is 25.8 Å². The lowest BCUT2D eigenvalue weighted by Gasteiger charge is -2.11. The van der Waals surface area contributed by atoms with Crippen molar-refractivity contribution in [2.24, 2.45) is 0 Å². The predicted molar refractivity (Wildman–Crippen MR) is 86.9 cm³/mol. The highest BCUT2D eigenvalue weighted by molar-refractivity contribution is 9.11. The fourth-order valence-corrected chi connectivity index (χ4v) is 2.81. The van der Waals surface area contributed by atoms with Crippen molar-refractivity contribution in [2.45, 2.75) is 0 Å². The second kappa shape index (κ2) is 5.31. The van der Waals surface area contributed by atoms with Crippen LogP contribution in [0.4, 0.5) is 11.5 Å². The van der Waals surface area contributed by atoms with E-state index in [1.807, 2.05) is 36.4 Å². The SMILES string of the molecule is Brc1cccnc1Nc1ccc(Br)c2ccccc12. The molecule has 19 heavy (non-hydrogen) atoms. The third kappa shape index (κ3) is 2.51. The lowest BCUT2D eigenvalue weighted by atomic mass is 10.1. The van der Waals surface area contributed by atoms with E-state index < -0.39 is 0 Å². The van der Waals surface area contributed by atoms with Crippen LogP contribution in [0.15, 0.2) is 63.7 Å². The summed E-state index contributed by atoms with van der Waals surface area (Å²) in [5, 5.41) is 5.71. The molecule has 0 amide bonds. The minimum Gasteiger partial charge on any atom is -0.339 e. The number of hydrogen-bond donors (Lipinski definition) is 1. The molecule has 0 saturated carbocycles. The first-order valence-electron chi connectivity index (χ1n) is 5.80. The summed E-state index contributed by atoms with van der Waals surface area (Å²) in [6.07, 6.45) is 1.77. The third-order valence-electron chi connectivity index (χ3n) is 2.88. The molecule has 1 aromatic heterocycles. The average molecular weight is 378 g/mol. The first kappa shape index (κ1) is 12.6. The molecule has 2 aromatic carbocycles. The molecule has 0 aliphatic heterocycles. The van der Waals surface area contributed by atoms with Crippen LogP contribution < -0.4 is 5.32 Å². The molecule has 1 N–H and O–H groups in total. The maximum Gasteiger partial charge on any atom is 0.144 e. The van der Waals surface area contributed by atoms with Gasteiger partial charge in [0.25, 0.3) is 0 Å². The molecule has 0 radical (unpaired) electrons. The Morgan fingerprint density at radius 1 is 0.789 bits per heavy atom. The molecule has 3 aromatic rings. The van der Waals surface area contributed by atoms with Gasteiger partial charge in [0.1, 0.15) is 5.82 Å². The van der Waals surface area contributed by atoms with Crippen molar-refractivity contribution >= 4 is 54.1 Å². The Bertz CT molecular complexity index is 741. The second-order valence-electron chi connectivity index (χ2n) is 4.10. The van der Waals surface area contributed by atoms with Gasteiger partial charge in [-0.05, 0) is 45.6 Å². The van der Waals surface area contributed by atoms with E-state index in [1.54, 1.807) is 6.20 Å². The van der Waals surface area contributed by atoms with Crippen molar-refractivity contribution in [1.82, 2.24) is 4.98 Å². The van der Waals surface area contributed by atoms with Gasteiger partial charge in [-0.2, -0.15) is 0 Å². The van der Waals surface area contributed by atoms with E-state index in [9.17, 15) is 0 Å². The number of anilines is 2. The lowest BCUT2D eigenvalue weighted by molar-refractivity contribution is 1.29. The fraction of sp³-hybridized carbons (Fsp3) is 0. The van der Waals surface area contributed by atoms with Gasteiger partial charge in [-0.25, -0.2) is 4.98 Å². The summed E-state index contributed by atoms with van der Waals surface area (Å²) in [5.41, 5.74) is 1.04. The molecular weight excluding hydrogens is 368 g/mol. The van der Waals surface area contributed by atoms with Gasteiger partial charge in [0, 0.05) is 21.7 Å². The number of hydrogen-bond acceptors (Lipinski definition) is 2. The van der Waals surface area contributed by atoms with Crippen LogP contribution in [0, 0.1) is 0 Å². The van der Waals surface area contributed by atoms with E-state index in [-0.39, 0.29) is 0 Å². The van der Waals surface area contributed by atoms with Crippen molar-refractivity contribution in [1.29, 1.82) is 0 Å². The van der Waals surface area contributed by atoms with Gasteiger partial charge in [-0.3, -0.25) is 0 Å². The standard InChI is InChI=1S/C15H10Br2N2/c16-12-7-8-14(11-5-2-1-4-10(11)12)19-15-13(17)6-3-9-18-15/h1-9H,(H,18,19). The molecular formula is C15H10Br2N2. The summed E-state index contributed by atoms with van der Waals surface area (Å²) in [7, 11) is 0. The van der Waals surface area contributed by atoms with Gasteiger partial charge in [0.2, 0.25) is 0 Å². The minimum absolute atomic E-state index is 0.815. The summed E-state index contributed by atoms with van der Waals surface area (Å²) in [6, 6.07) is 16.2. The number of pyridine rings is 1. The summed E-state index contributed by atoms with van der Waals surface area (Å²) in [5.74, 6) is 0.815. The molecule has 94 valence electrons. The van der Waals surface area contributed by atoms with Crippen LogP contribution in [0.1, 0.15) is 0 Å². The Hall–Kier alpha value is -1.39. The highest BCUT2D eigenvalue weighted by Crippen LogP contribution is 2.32. The smallest absolute Gasteiger partial charge is 0.144 e. The Kier molecular flexibility index (Phi) is 3.53. The van der Waals surface area contributed by atoms with Gasteiger partial charge < -0.3 is 5.32 Å². The summed E-state index contributed by atoms with van der Waals surface area (Å²) in [4.78, 5) is 4.33. The number of rotatable bonds is 2. The first-order chi connectivity index (χ1) is 9.25. The van der Waals surface area contributed by atoms with Gasteiger partial charge >= 0.3 is 0 Å². The number of fused-ring (bicyclic) bond motifs is 1. The van der Waals surface area contributed by atoms with Gasteiger partial charge in [-0.1, -0.05) is 40.2 Å². The molecule has 0 unspecified atom stereocenters. The van der Waals surface area contributed by atoms with Crippen molar-refractivity contribution in [2.75, 3.05) is 5.32 Å². The topological polar surface area (TPSA) is 24.9 Å². The highest BCUT2D eigenvalue weighted by atomic mass is 79.9. The molecule has 0 fully saturated rings. The lowest BCUT2D eigenvalue weighted by Crippen LogP contribution is -1.95. The minimum atomic E-state index is 0.815. The zero-order valence-corrected chi connectivity index (χ0v) is 13.1. The first-order valence-corrected chi connectivity index (χ1v) is 7.39. The van der Waals surface area contributed by atoms with E-state index in [2.05, 4.69) is 54.3 Å². The Morgan fingerprint density at radius 2 is 1.58 bits per heavy atom. The molecule has 0 bridgehead atoms. The summed E-state index contributed by atoms with van der Waals surface area (Å²) < 4.78 is 2.04. The van der Waals surface area contributed by atoms with Crippen LogP contribution in [-0.2, 0) is 0 Å². The monoisotopic (exact) mass is 376 g/mol. The van der Waals surface area contributed by atoms with Crippen LogP contribution in [0.2, 0.25) is 0 Å². The van der Waals surface area contributed by atoms with Crippen molar-refractivity contribution in [3.63, 3.8) is 0 Å². The van der Waals surface area contributed by atoms with Crippen LogP contribution in [-0.4, -0.2) is 4.98 Å². The van der Waals surface area contributed by atoms with Gasteiger partial charge in [0.05, 0.1) is 4.47 Å². The van der Waals surface area contributed by atoms with Gasteiger partial charge in [-0.15, -0.1) is 0 Å². The second-order valence-corrected chi connectivity index (χ2v) is 5.81. The van der Waals surface area contributed by atoms with E-state index in [4.69, 9.17) is 0 Å². The largest absolute Gasteiger partial charge is 0.339 e. The maximum absolute atomic E-state index is 4.33. The molecule has 0 atom stereocenters. The van der Waals surface area contributed by atoms with E-state index in [1.165, 1.54) is 5.39 Å². The fourth-order valence-electron chi connectivity index (χ4n) is 1.98. The maximum atomic E-state index is 4.33. The Morgan fingerprint density at radius 3 is 2.37 bits per heavy atom. The van der Waals surface area contributed by atoms with Crippen molar-refractivity contribution < 1.29 is 0 Å². The number of nitrogens with one attached hydrogen (secondary N) is 1. The zero-order chi connectivity index (χ0) is 13.2. The van der Waals surface area contributed by atoms with Crippen LogP contribution in [0.25, 0.3) is 10.8 Å². The molecule has 3 rings (SSSR count). The van der Waals surface area contributed by atoms with Crippen LogP contribution in [0.3, 0.4) is 0 Å². The molecule has 2 nitrogen and oxygen atoms in total. The number of halogens is 2. The molecule has 1 heterocycles. The van der Waals surface area contributed by atoms with Crippen molar-refractivity contribution in [3.8, 4) is 0 Å². The molecule has 0 saturated heterocycles. The molecule has 0 spiro atoms. The normalized spacial score (nSPS) is 10.6. The number of nitrogens with zero attached hydrogens (tertiary/aromatic N) is 1. The third-order valence-corrected chi connectivity index (χ3v) is 4.21. The Balaban J connectivity index is 2.12. The van der Waals surface area contributed by atoms with Gasteiger partial charge in [0.15, 0.2) is 0 Å². The van der Waals surface area contributed by atoms with Crippen molar-refractivity contribution in [3.05, 3.63) is 63.7 Å². The number of benzene rings is 2. The van der Waals surface area contributed by atoms with E-state index >= 15 is 0 Å². The van der Waals surface area contributed by atoms with Crippen LogP contribution in [0.5, 0.6) is 0 Å².